The first kappa shape index (κ1) is 20.6. The van der Waals surface area contributed by atoms with E-state index in [1.54, 1.807) is 12.5 Å². The number of aromatic amines is 1. The van der Waals surface area contributed by atoms with Crippen LogP contribution in [0.2, 0.25) is 5.02 Å². The third-order valence-corrected chi connectivity index (χ3v) is 6.88. The van der Waals surface area contributed by atoms with Crippen LogP contribution in [0.15, 0.2) is 42.9 Å². The van der Waals surface area contributed by atoms with E-state index in [2.05, 4.69) is 25.5 Å². The highest BCUT2D eigenvalue weighted by molar-refractivity contribution is 6.30. The maximum Gasteiger partial charge on any atom is 0.116 e. The van der Waals surface area contributed by atoms with Gasteiger partial charge in [-0.25, -0.2) is 15.0 Å². The molecule has 0 unspecified atom stereocenters. The predicted octanol–water partition coefficient (Wildman–Crippen LogP) is 5.20. The molecule has 1 aromatic carbocycles. The Hall–Kier alpha value is -2.28. The van der Waals surface area contributed by atoms with Crippen molar-refractivity contribution in [3.63, 3.8) is 0 Å². The minimum atomic E-state index is 0.433. The highest BCUT2D eigenvalue weighted by Crippen LogP contribution is 2.39. The number of piperidine rings is 1. The minimum Gasteiger partial charge on any atom is -0.281 e. The lowest BCUT2D eigenvalue weighted by molar-refractivity contribution is 0.106. The summed E-state index contributed by atoms with van der Waals surface area (Å²) in [6, 6.07) is 10.5. The van der Waals surface area contributed by atoms with E-state index in [4.69, 9.17) is 16.7 Å². The minimum absolute atomic E-state index is 0.433. The summed E-state index contributed by atoms with van der Waals surface area (Å²) in [4.78, 5) is 8.66. The van der Waals surface area contributed by atoms with Gasteiger partial charge in [-0.05, 0) is 43.9 Å². The van der Waals surface area contributed by atoms with Gasteiger partial charge in [0.15, 0.2) is 0 Å². The van der Waals surface area contributed by atoms with Gasteiger partial charge < -0.3 is 0 Å². The van der Waals surface area contributed by atoms with Gasteiger partial charge in [0, 0.05) is 53.1 Å². The van der Waals surface area contributed by atoms with Gasteiger partial charge in [-0.3, -0.25) is 10.5 Å². The zero-order valence-corrected chi connectivity index (χ0v) is 18.5. The molecule has 2 N–H and O–H groups in total. The first-order chi connectivity index (χ1) is 15.3. The van der Waals surface area contributed by atoms with Gasteiger partial charge in [0.2, 0.25) is 0 Å². The van der Waals surface area contributed by atoms with Crippen molar-refractivity contribution in [1.29, 1.82) is 0 Å². The number of hydrogen-bond donors (Lipinski definition) is 2. The third kappa shape index (κ3) is 4.66. The number of nitrogens with one attached hydrogen (secondary N) is 2. The largest absolute Gasteiger partial charge is 0.281 e. The Balaban J connectivity index is 1.37. The zero-order chi connectivity index (χ0) is 21.0. The van der Waals surface area contributed by atoms with Crippen LogP contribution in [0.4, 0.5) is 0 Å². The van der Waals surface area contributed by atoms with Gasteiger partial charge in [-0.1, -0.05) is 43.0 Å². The lowest BCUT2D eigenvalue weighted by Gasteiger charge is -2.36. The van der Waals surface area contributed by atoms with Gasteiger partial charge in [0.05, 0.1) is 5.69 Å². The van der Waals surface area contributed by atoms with E-state index in [-0.39, 0.29) is 0 Å². The Bertz CT molecular complexity index is 973. The first-order valence-electron chi connectivity index (χ1n) is 11.4. The van der Waals surface area contributed by atoms with Crippen LogP contribution in [-0.2, 0) is 0 Å². The number of rotatable bonds is 5. The Kier molecular flexibility index (Phi) is 6.30. The van der Waals surface area contributed by atoms with E-state index >= 15 is 0 Å². The molecule has 0 spiro atoms. The van der Waals surface area contributed by atoms with E-state index < -0.39 is 0 Å². The quantitative estimate of drug-likeness (QED) is 0.575. The van der Waals surface area contributed by atoms with Gasteiger partial charge in [0.25, 0.3) is 0 Å². The van der Waals surface area contributed by atoms with Crippen molar-refractivity contribution in [3.05, 3.63) is 53.6 Å². The molecule has 0 radical (unpaired) electrons. The van der Waals surface area contributed by atoms with E-state index in [0.29, 0.717) is 12.0 Å². The van der Waals surface area contributed by atoms with E-state index in [0.717, 1.165) is 53.5 Å². The molecule has 1 saturated carbocycles. The molecule has 3 aromatic rings. The molecule has 6 nitrogen and oxygen atoms in total. The molecule has 162 valence electrons. The number of H-pyrrole nitrogens is 1. The van der Waals surface area contributed by atoms with Gasteiger partial charge >= 0.3 is 0 Å². The van der Waals surface area contributed by atoms with Crippen molar-refractivity contribution in [2.75, 3.05) is 13.1 Å². The summed E-state index contributed by atoms with van der Waals surface area (Å²) in [7, 11) is 0. The van der Waals surface area contributed by atoms with Crippen LogP contribution in [-0.4, -0.2) is 44.3 Å². The van der Waals surface area contributed by atoms with Crippen molar-refractivity contribution in [2.24, 2.45) is 0 Å². The summed E-state index contributed by atoms with van der Waals surface area (Å²) < 4.78 is 0. The number of aromatic nitrogens is 4. The van der Waals surface area contributed by atoms with Crippen LogP contribution in [0, 0.1) is 0 Å². The normalized spacial score (nSPS) is 19.0. The van der Waals surface area contributed by atoms with Crippen LogP contribution in [0.5, 0.6) is 0 Å². The molecule has 2 fully saturated rings. The summed E-state index contributed by atoms with van der Waals surface area (Å²) in [6.45, 7) is 2.11. The molecule has 0 atom stereocenters. The Morgan fingerprint density at radius 1 is 0.968 bits per heavy atom. The van der Waals surface area contributed by atoms with Crippen molar-refractivity contribution in [3.8, 4) is 22.5 Å². The molecular weight excluding hydrogens is 408 g/mol. The van der Waals surface area contributed by atoms with Crippen molar-refractivity contribution in [2.45, 2.75) is 56.9 Å². The van der Waals surface area contributed by atoms with Crippen molar-refractivity contribution < 1.29 is 0 Å². The zero-order valence-electron chi connectivity index (χ0n) is 17.7. The average molecular weight is 437 g/mol. The number of nitrogens with zero attached hydrogens (tertiary/aromatic N) is 4. The summed E-state index contributed by atoms with van der Waals surface area (Å²) in [5, 5.41) is 11.3. The fourth-order valence-corrected chi connectivity index (χ4v) is 5.08. The monoisotopic (exact) mass is 436 g/mol. The summed E-state index contributed by atoms with van der Waals surface area (Å²) in [5.74, 6) is 0.433. The SMILES string of the molecule is Clc1ccc(-c2n[nH]c(C3CCN(NC4CCCCC4)CC3)c2-c2ccncn2)cc1. The van der Waals surface area contributed by atoms with E-state index in [1.807, 2.05) is 30.3 Å². The standard InChI is InChI=1S/C24H29ClN6/c25-19-8-6-17(7-9-19)23-22(21-10-13-26-16-27-21)24(29-28-23)18-11-14-31(15-12-18)30-20-4-2-1-3-5-20/h6-10,13,16,18,20,30H,1-5,11-12,14-15H2,(H,28,29). The van der Waals surface area contributed by atoms with Crippen LogP contribution in [0.3, 0.4) is 0 Å². The second-order valence-electron chi connectivity index (χ2n) is 8.69. The highest BCUT2D eigenvalue weighted by atomic mass is 35.5. The second kappa shape index (κ2) is 9.47. The Morgan fingerprint density at radius 2 is 1.74 bits per heavy atom. The molecular formula is C24H29ClN6. The molecule has 1 aliphatic carbocycles. The number of halogens is 1. The van der Waals surface area contributed by atoms with Crippen molar-refractivity contribution >= 4 is 11.6 Å². The number of hydrazine groups is 1. The second-order valence-corrected chi connectivity index (χ2v) is 9.12. The lowest BCUT2D eigenvalue weighted by atomic mass is 9.89. The fourth-order valence-electron chi connectivity index (χ4n) is 4.95. The molecule has 2 aliphatic rings. The average Bonchev–Trinajstić information content (AvgIpc) is 3.26. The smallest absolute Gasteiger partial charge is 0.116 e. The summed E-state index contributed by atoms with van der Waals surface area (Å²) in [5.41, 5.74) is 8.93. The topological polar surface area (TPSA) is 69.7 Å². The summed E-state index contributed by atoms with van der Waals surface area (Å²) in [6.07, 6.45) is 12.3. The molecule has 2 aromatic heterocycles. The molecule has 3 heterocycles. The van der Waals surface area contributed by atoms with Crippen LogP contribution < -0.4 is 5.43 Å². The third-order valence-electron chi connectivity index (χ3n) is 6.62. The molecule has 5 rings (SSSR count). The van der Waals surface area contributed by atoms with Crippen LogP contribution in [0.25, 0.3) is 22.5 Å². The molecule has 31 heavy (non-hydrogen) atoms. The van der Waals surface area contributed by atoms with Gasteiger partial charge in [-0.15, -0.1) is 0 Å². The number of benzene rings is 1. The molecule has 1 aliphatic heterocycles. The molecule has 0 bridgehead atoms. The first-order valence-corrected chi connectivity index (χ1v) is 11.8. The van der Waals surface area contributed by atoms with Crippen LogP contribution >= 0.6 is 11.6 Å². The Morgan fingerprint density at radius 3 is 2.45 bits per heavy atom. The van der Waals surface area contributed by atoms with Gasteiger partial charge in [0.1, 0.15) is 12.0 Å². The number of hydrogen-bond acceptors (Lipinski definition) is 5. The molecule has 0 amide bonds. The lowest BCUT2D eigenvalue weighted by Crippen LogP contribution is -2.48. The van der Waals surface area contributed by atoms with Crippen LogP contribution in [0.1, 0.15) is 56.6 Å². The highest BCUT2D eigenvalue weighted by Gasteiger charge is 2.28. The van der Waals surface area contributed by atoms with E-state index in [9.17, 15) is 0 Å². The van der Waals surface area contributed by atoms with Gasteiger partial charge in [-0.2, -0.15) is 5.10 Å². The molecule has 1 saturated heterocycles. The maximum atomic E-state index is 6.11. The van der Waals surface area contributed by atoms with E-state index in [1.165, 1.54) is 37.8 Å². The maximum absolute atomic E-state index is 6.11. The Labute approximate surface area is 188 Å². The fraction of sp³-hybridized carbons (Fsp3) is 0.458. The van der Waals surface area contributed by atoms with Crippen molar-refractivity contribution in [1.82, 2.24) is 30.6 Å². The predicted molar refractivity (Wildman–Crippen MR) is 124 cm³/mol. The summed E-state index contributed by atoms with van der Waals surface area (Å²) >= 11 is 6.11. The molecule has 7 heteroatoms.